The summed E-state index contributed by atoms with van der Waals surface area (Å²) >= 11 is 0. The Morgan fingerprint density at radius 1 is 1.11 bits per heavy atom. The summed E-state index contributed by atoms with van der Waals surface area (Å²) in [4.78, 5) is 0. The number of aromatic nitrogens is 2. The van der Waals surface area contributed by atoms with Gasteiger partial charge < -0.3 is 14.8 Å². The van der Waals surface area contributed by atoms with Gasteiger partial charge in [0.15, 0.2) is 17.3 Å². The van der Waals surface area contributed by atoms with E-state index in [1.54, 1.807) is 0 Å². The lowest BCUT2D eigenvalue weighted by Crippen LogP contribution is -1.99. The van der Waals surface area contributed by atoms with Crippen LogP contribution >= 0.6 is 0 Å². The molecule has 0 fully saturated rings. The maximum absolute atomic E-state index is 5.43. The molecule has 0 radical (unpaired) electrons. The van der Waals surface area contributed by atoms with Crippen molar-refractivity contribution >= 4 is 5.82 Å². The zero-order chi connectivity index (χ0) is 12.7. The van der Waals surface area contributed by atoms with Gasteiger partial charge in [0.25, 0.3) is 0 Å². The monoisotopic (exact) mass is 257 g/mol. The third kappa shape index (κ3) is 1.73. The van der Waals surface area contributed by atoms with Gasteiger partial charge in [-0.3, -0.25) is 5.10 Å². The van der Waals surface area contributed by atoms with E-state index in [0.29, 0.717) is 6.79 Å². The van der Waals surface area contributed by atoms with Crippen molar-refractivity contribution in [2.24, 2.45) is 0 Å². The van der Waals surface area contributed by atoms with Crippen LogP contribution in [-0.4, -0.2) is 23.5 Å². The molecule has 5 nitrogen and oxygen atoms in total. The minimum atomic E-state index is 0.307. The first-order valence-electron chi connectivity index (χ1n) is 6.63. The van der Waals surface area contributed by atoms with Gasteiger partial charge in [0.05, 0.1) is 5.69 Å². The fraction of sp³-hybridized carbons (Fsp3) is 0.357. The third-order valence-electron chi connectivity index (χ3n) is 3.67. The molecule has 0 spiro atoms. The molecule has 98 valence electrons. The summed E-state index contributed by atoms with van der Waals surface area (Å²) in [5, 5.41) is 10.9. The average Bonchev–Trinajstić information content (AvgIpc) is 2.99. The lowest BCUT2D eigenvalue weighted by atomic mass is 10.0. The van der Waals surface area contributed by atoms with E-state index in [2.05, 4.69) is 15.5 Å². The minimum Gasteiger partial charge on any atom is -0.454 e. The molecule has 19 heavy (non-hydrogen) atoms. The first-order valence-corrected chi connectivity index (χ1v) is 6.63. The number of benzene rings is 1. The van der Waals surface area contributed by atoms with Gasteiger partial charge in [0, 0.05) is 17.7 Å². The quantitative estimate of drug-likeness (QED) is 0.824. The molecular weight excluding hydrogens is 242 g/mol. The molecular formula is C14H15N3O2. The summed E-state index contributed by atoms with van der Waals surface area (Å²) in [6.45, 7) is 1.31. The number of H-pyrrole nitrogens is 1. The second-order valence-electron chi connectivity index (χ2n) is 4.88. The van der Waals surface area contributed by atoms with Crippen LogP contribution in [0.15, 0.2) is 18.2 Å². The van der Waals surface area contributed by atoms with Gasteiger partial charge in [0.2, 0.25) is 6.79 Å². The van der Waals surface area contributed by atoms with E-state index >= 15 is 0 Å². The Morgan fingerprint density at radius 2 is 2.05 bits per heavy atom. The molecule has 3 heterocycles. The number of hydrogen-bond acceptors (Lipinski definition) is 4. The Bertz CT molecular complexity index is 621. The average molecular weight is 257 g/mol. The molecule has 0 aliphatic carbocycles. The van der Waals surface area contributed by atoms with Gasteiger partial charge in [0.1, 0.15) is 0 Å². The SMILES string of the molecule is c1cc2c(cc1-c1[nH]nc3c1CCCCN3)OCO2. The standard InChI is InChI=1S/C14H15N3O2/c1-2-6-15-14-10(3-1)13(16-17-14)9-4-5-11-12(7-9)19-8-18-11/h4-5,7H,1-3,6,8H2,(H2,15,16,17). The number of anilines is 1. The van der Waals surface area contributed by atoms with Crippen LogP contribution in [0.5, 0.6) is 11.5 Å². The molecule has 4 rings (SSSR count). The zero-order valence-electron chi connectivity index (χ0n) is 10.5. The molecule has 1 aromatic carbocycles. The third-order valence-corrected chi connectivity index (χ3v) is 3.67. The molecule has 2 aromatic rings. The van der Waals surface area contributed by atoms with Crippen molar-refractivity contribution in [3.8, 4) is 22.8 Å². The molecule has 2 N–H and O–H groups in total. The van der Waals surface area contributed by atoms with Crippen LogP contribution in [0.25, 0.3) is 11.3 Å². The zero-order valence-corrected chi connectivity index (χ0v) is 10.5. The maximum atomic E-state index is 5.43. The Kier molecular flexibility index (Phi) is 2.36. The fourth-order valence-electron chi connectivity index (χ4n) is 2.68. The molecule has 5 heteroatoms. The van der Waals surface area contributed by atoms with E-state index in [-0.39, 0.29) is 0 Å². The van der Waals surface area contributed by atoms with E-state index in [9.17, 15) is 0 Å². The summed E-state index contributed by atoms with van der Waals surface area (Å²) in [6, 6.07) is 6.02. The predicted molar refractivity (Wildman–Crippen MR) is 71.6 cm³/mol. The molecule has 0 bridgehead atoms. The molecule has 2 aliphatic heterocycles. The number of rotatable bonds is 1. The first kappa shape index (κ1) is 10.7. The van der Waals surface area contributed by atoms with E-state index in [1.165, 1.54) is 18.4 Å². The molecule has 0 amide bonds. The van der Waals surface area contributed by atoms with E-state index in [1.807, 2.05) is 18.2 Å². The van der Waals surface area contributed by atoms with Crippen LogP contribution in [0.3, 0.4) is 0 Å². The van der Waals surface area contributed by atoms with Crippen LogP contribution in [-0.2, 0) is 6.42 Å². The van der Waals surface area contributed by atoms with Crippen molar-refractivity contribution in [3.05, 3.63) is 23.8 Å². The van der Waals surface area contributed by atoms with Crippen molar-refractivity contribution in [1.82, 2.24) is 10.2 Å². The number of aromatic amines is 1. The second-order valence-corrected chi connectivity index (χ2v) is 4.88. The fourth-order valence-corrected chi connectivity index (χ4v) is 2.68. The summed E-state index contributed by atoms with van der Waals surface area (Å²) in [7, 11) is 0. The normalized spacial score (nSPS) is 16.6. The van der Waals surface area contributed by atoms with Gasteiger partial charge in [-0.15, -0.1) is 0 Å². The van der Waals surface area contributed by atoms with Crippen molar-refractivity contribution < 1.29 is 9.47 Å². The Morgan fingerprint density at radius 3 is 3.05 bits per heavy atom. The van der Waals surface area contributed by atoms with Gasteiger partial charge >= 0.3 is 0 Å². The Hall–Kier alpha value is -2.17. The lowest BCUT2D eigenvalue weighted by Gasteiger charge is -2.04. The number of nitrogens with one attached hydrogen (secondary N) is 2. The highest BCUT2D eigenvalue weighted by Crippen LogP contribution is 2.37. The predicted octanol–water partition coefficient (Wildman–Crippen LogP) is 2.55. The van der Waals surface area contributed by atoms with Crippen molar-refractivity contribution in [2.75, 3.05) is 18.7 Å². The number of nitrogens with zero attached hydrogens (tertiary/aromatic N) is 1. The van der Waals surface area contributed by atoms with Crippen LogP contribution in [0.1, 0.15) is 18.4 Å². The van der Waals surface area contributed by atoms with Crippen LogP contribution in [0, 0.1) is 0 Å². The molecule has 2 aliphatic rings. The molecule has 1 aromatic heterocycles. The van der Waals surface area contributed by atoms with Crippen molar-refractivity contribution in [3.63, 3.8) is 0 Å². The van der Waals surface area contributed by atoms with Gasteiger partial charge in [-0.25, -0.2) is 0 Å². The first-order chi connectivity index (χ1) is 9.42. The van der Waals surface area contributed by atoms with E-state index in [0.717, 1.165) is 41.5 Å². The topological polar surface area (TPSA) is 59.2 Å². The largest absolute Gasteiger partial charge is 0.454 e. The molecule has 0 atom stereocenters. The Labute approximate surface area is 110 Å². The van der Waals surface area contributed by atoms with Gasteiger partial charge in [-0.05, 0) is 37.5 Å². The maximum Gasteiger partial charge on any atom is 0.231 e. The summed E-state index contributed by atoms with van der Waals surface area (Å²) < 4.78 is 10.8. The molecule has 0 unspecified atom stereocenters. The van der Waals surface area contributed by atoms with E-state index < -0.39 is 0 Å². The smallest absolute Gasteiger partial charge is 0.231 e. The van der Waals surface area contributed by atoms with Gasteiger partial charge in [-0.2, -0.15) is 5.10 Å². The molecule has 0 saturated carbocycles. The van der Waals surface area contributed by atoms with Gasteiger partial charge in [-0.1, -0.05) is 0 Å². The highest BCUT2D eigenvalue weighted by atomic mass is 16.7. The second kappa shape index (κ2) is 4.19. The number of hydrogen-bond donors (Lipinski definition) is 2. The molecule has 0 saturated heterocycles. The summed E-state index contributed by atoms with van der Waals surface area (Å²) in [6.07, 6.45) is 3.44. The van der Waals surface area contributed by atoms with Crippen molar-refractivity contribution in [2.45, 2.75) is 19.3 Å². The Balaban J connectivity index is 1.78. The lowest BCUT2D eigenvalue weighted by molar-refractivity contribution is 0.174. The van der Waals surface area contributed by atoms with Crippen LogP contribution < -0.4 is 14.8 Å². The summed E-state index contributed by atoms with van der Waals surface area (Å²) in [5.74, 6) is 2.61. The van der Waals surface area contributed by atoms with Crippen LogP contribution in [0.4, 0.5) is 5.82 Å². The van der Waals surface area contributed by atoms with Crippen molar-refractivity contribution in [1.29, 1.82) is 0 Å². The summed E-state index contributed by atoms with van der Waals surface area (Å²) in [5.41, 5.74) is 3.46. The number of fused-ring (bicyclic) bond motifs is 2. The van der Waals surface area contributed by atoms with Crippen LogP contribution in [0.2, 0.25) is 0 Å². The highest BCUT2D eigenvalue weighted by molar-refractivity contribution is 5.71. The minimum absolute atomic E-state index is 0.307. The van der Waals surface area contributed by atoms with E-state index in [4.69, 9.17) is 9.47 Å². The highest BCUT2D eigenvalue weighted by Gasteiger charge is 2.19. The number of ether oxygens (including phenoxy) is 2.